The van der Waals surface area contributed by atoms with Gasteiger partial charge in [0.05, 0.1) is 0 Å². The lowest BCUT2D eigenvalue weighted by Gasteiger charge is -2.23. The zero-order chi connectivity index (χ0) is 14.2. The van der Waals surface area contributed by atoms with Crippen LogP contribution in [-0.2, 0) is 0 Å². The van der Waals surface area contributed by atoms with Gasteiger partial charge >= 0.3 is 0 Å². The van der Waals surface area contributed by atoms with Crippen LogP contribution in [0.2, 0.25) is 0 Å². The van der Waals surface area contributed by atoms with Crippen molar-refractivity contribution in [3.63, 3.8) is 0 Å². The van der Waals surface area contributed by atoms with E-state index >= 15 is 0 Å². The molecule has 1 heterocycles. The van der Waals surface area contributed by atoms with Crippen LogP contribution in [0, 0.1) is 5.41 Å². The van der Waals surface area contributed by atoms with Gasteiger partial charge in [-0.25, -0.2) is 0 Å². The molecule has 2 N–H and O–H groups in total. The van der Waals surface area contributed by atoms with E-state index in [1.807, 2.05) is 0 Å². The van der Waals surface area contributed by atoms with Crippen molar-refractivity contribution in [1.29, 1.82) is 0 Å². The summed E-state index contributed by atoms with van der Waals surface area (Å²) in [7, 11) is 0. The molecule has 106 valence electrons. The van der Waals surface area contributed by atoms with Crippen LogP contribution in [-0.4, -0.2) is 24.5 Å². The maximum atomic E-state index is 6.41. The van der Waals surface area contributed by atoms with E-state index in [1.54, 1.807) is 0 Å². The number of likely N-dealkylation sites (tertiary alicyclic amines) is 1. The van der Waals surface area contributed by atoms with Crippen LogP contribution < -0.4 is 5.73 Å². The largest absolute Gasteiger partial charge is 0.323 e. The fourth-order valence-corrected chi connectivity index (χ4v) is 3.20. The molecule has 3 rings (SSSR count). The van der Waals surface area contributed by atoms with E-state index < -0.39 is 0 Å². The monoisotopic (exact) mass is 268 g/mol. The van der Waals surface area contributed by atoms with E-state index in [0.29, 0.717) is 5.41 Å². The Kier molecular flexibility index (Phi) is 3.53. The zero-order valence-electron chi connectivity index (χ0n) is 12.5. The average molecular weight is 268 g/mol. The summed E-state index contributed by atoms with van der Waals surface area (Å²) in [6.45, 7) is 7.98. The predicted molar refractivity (Wildman–Crippen MR) is 85.7 cm³/mol. The van der Waals surface area contributed by atoms with Gasteiger partial charge in [-0.15, -0.1) is 0 Å². The SMILES string of the molecule is CC1(C)CCN(CC(N)c2ccc3ccccc3c2)C1. The summed E-state index contributed by atoms with van der Waals surface area (Å²) in [4.78, 5) is 2.50. The number of nitrogens with zero attached hydrogens (tertiary/aromatic N) is 1. The molecule has 0 aromatic heterocycles. The number of benzene rings is 2. The highest BCUT2D eigenvalue weighted by Gasteiger charge is 2.29. The van der Waals surface area contributed by atoms with E-state index in [1.165, 1.54) is 29.3 Å². The van der Waals surface area contributed by atoms with Crippen molar-refractivity contribution in [2.75, 3.05) is 19.6 Å². The van der Waals surface area contributed by atoms with Gasteiger partial charge < -0.3 is 10.6 Å². The van der Waals surface area contributed by atoms with Crippen LogP contribution in [0.1, 0.15) is 31.9 Å². The van der Waals surface area contributed by atoms with Gasteiger partial charge in [0.2, 0.25) is 0 Å². The summed E-state index contributed by atoms with van der Waals surface area (Å²) >= 11 is 0. The minimum atomic E-state index is 0.105. The first kappa shape index (κ1) is 13.6. The lowest BCUT2D eigenvalue weighted by atomic mass is 9.93. The third kappa shape index (κ3) is 2.87. The van der Waals surface area contributed by atoms with Crippen LogP contribution in [0.3, 0.4) is 0 Å². The highest BCUT2D eigenvalue weighted by molar-refractivity contribution is 5.83. The lowest BCUT2D eigenvalue weighted by molar-refractivity contribution is 0.276. The smallest absolute Gasteiger partial charge is 0.0424 e. The average Bonchev–Trinajstić information content (AvgIpc) is 2.77. The second kappa shape index (κ2) is 5.19. The highest BCUT2D eigenvalue weighted by Crippen LogP contribution is 2.30. The zero-order valence-corrected chi connectivity index (χ0v) is 12.5. The van der Waals surface area contributed by atoms with Crippen LogP contribution in [0.5, 0.6) is 0 Å². The molecule has 1 aliphatic rings. The van der Waals surface area contributed by atoms with Gasteiger partial charge in [-0.3, -0.25) is 0 Å². The summed E-state index contributed by atoms with van der Waals surface area (Å²) in [6.07, 6.45) is 1.28. The summed E-state index contributed by atoms with van der Waals surface area (Å²) in [5, 5.41) is 2.56. The Morgan fingerprint density at radius 2 is 1.90 bits per heavy atom. The van der Waals surface area contributed by atoms with Gasteiger partial charge in [0.15, 0.2) is 0 Å². The van der Waals surface area contributed by atoms with Crippen molar-refractivity contribution in [1.82, 2.24) is 4.90 Å². The lowest BCUT2D eigenvalue weighted by Crippen LogP contribution is -2.31. The van der Waals surface area contributed by atoms with Gasteiger partial charge in [0.25, 0.3) is 0 Å². The number of hydrogen-bond donors (Lipinski definition) is 1. The normalized spacial score (nSPS) is 20.4. The van der Waals surface area contributed by atoms with Gasteiger partial charge in [0, 0.05) is 19.1 Å². The molecule has 2 aromatic rings. The maximum Gasteiger partial charge on any atom is 0.0424 e. The molecule has 0 saturated carbocycles. The number of fused-ring (bicyclic) bond motifs is 1. The fourth-order valence-electron chi connectivity index (χ4n) is 3.20. The maximum absolute atomic E-state index is 6.41. The number of hydrogen-bond acceptors (Lipinski definition) is 2. The first-order chi connectivity index (χ1) is 9.53. The van der Waals surface area contributed by atoms with Gasteiger partial charge in [-0.05, 0) is 40.8 Å². The molecule has 2 heteroatoms. The van der Waals surface area contributed by atoms with E-state index in [-0.39, 0.29) is 6.04 Å². The molecule has 20 heavy (non-hydrogen) atoms. The molecule has 0 radical (unpaired) electrons. The molecule has 0 aliphatic carbocycles. The molecule has 1 saturated heterocycles. The Bertz CT molecular complexity index is 603. The van der Waals surface area contributed by atoms with Crippen molar-refractivity contribution in [3.8, 4) is 0 Å². The molecule has 0 bridgehead atoms. The third-order valence-corrected chi connectivity index (χ3v) is 4.41. The third-order valence-electron chi connectivity index (χ3n) is 4.41. The predicted octanol–water partition coefficient (Wildman–Crippen LogP) is 3.57. The molecular formula is C18H24N2. The van der Waals surface area contributed by atoms with Gasteiger partial charge in [-0.1, -0.05) is 50.2 Å². The van der Waals surface area contributed by atoms with Gasteiger partial charge in [-0.2, -0.15) is 0 Å². The first-order valence-electron chi connectivity index (χ1n) is 7.50. The second-order valence-electron chi connectivity index (χ2n) is 6.86. The Hall–Kier alpha value is -1.38. The summed E-state index contributed by atoms with van der Waals surface area (Å²) < 4.78 is 0. The quantitative estimate of drug-likeness (QED) is 0.922. The molecule has 1 atom stereocenters. The molecule has 1 aliphatic heterocycles. The topological polar surface area (TPSA) is 29.3 Å². The number of nitrogens with two attached hydrogens (primary N) is 1. The Labute approximate surface area is 121 Å². The van der Waals surface area contributed by atoms with Crippen LogP contribution in [0.4, 0.5) is 0 Å². The molecule has 0 spiro atoms. The summed E-state index contributed by atoms with van der Waals surface area (Å²) in [5.74, 6) is 0. The Balaban J connectivity index is 1.74. The highest BCUT2D eigenvalue weighted by atomic mass is 15.2. The van der Waals surface area contributed by atoms with Crippen LogP contribution in [0.25, 0.3) is 10.8 Å². The molecule has 1 unspecified atom stereocenters. The minimum Gasteiger partial charge on any atom is -0.323 e. The summed E-state index contributed by atoms with van der Waals surface area (Å²) in [5.41, 5.74) is 8.10. The Morgan fingerprint density at radius 3 is 2.60 bits per heavy atom. The van der Waals surface area contributed by atoms with E-state index in [0.717, 1.165) is 13.1 Å². The van der Waals surface area contributed by atoms with Crippen molar-refractivity contribution < 1.29 is 0 Å². The summed E-state index contributed by atoms with van der Waals surface area (Å²) in [6, 6.07) is 15.2. The minimum absolute atomic E-state index is 0.105. The molecular weight excluding hydrogens is 244 g/mol. The van der Waals surface area contributed by atoms with Crippen molar-refractivity contribution in [3.05, 3.63) is 48.0 Å². The molecule has 2 aromatic carbocycles. The molecule has 2 nitrogen and oxygen atoms in total. The van der Waals surface area contributed by atoms with E-state index in [2.05, 4.69) is 61.2 Å². The Morgan fingerprint density at radius 1 is 1.15 bits per heavy atom. The van der Waals surface area contributed by atoms with Crippen molar-refractivity contribution >= 4 is 10.8 Å². The van der Waals surface area contributed by atoms with E-state index in [9.17, 15) is 0 Å². The van der Waals surface area contributed by atoms with E-state index in [4.69, 9.17) is 5.73 Å². The van der Waals surface area contributed by atoms with Crippen molar-refractivity contribution in [2.24, 2.45) is 11.1 Å². The standard InChI is InChI=1S/C18H24N2/c1-18(2)9-10-20(13-18)12-17(19)16-8-7-14-5-3-4-6-15(14)11-16/h3-8,11,17H,9-10,12-13,19H2,1-2H3. The molecule has 1 fully saturated rings. The van der Waals surface area contributed by atoms with Crippen LogP contribution in [0.15, 0.2) is 42.5 Å². The number of rotatable bonds is 3. The van der Waals surface area contributed by atoms with Gasteiger partial charge in [0.1, 0.15) is 0 Å². The van der Waals surface area contributed by atoms with Crippen LogP contribution >= 0.6 is 0 Å². The molecule has 0 amide bonds. The fraction of sp³-hybridized carbons (Fsp3) is 0.444. The van der Waals surface area contributed by atoms with Crippen molar-refractivity contribution in [2.45, 2.75) is 26.3 Å². The first-order valence-corrected chi connectivity index (χ1v) is 7.50. The second-order valence-corrected chi connectivity index (χ2v) is 6.86.